The molecule has 0 radical (unpaired) electrons. The van der Waals surface area contributed by atoms with Crippen LogP contribution >= 0.6 is 0 Å². The van der Waals surface area contributed by atoms with Crippen LogP contribution in [-0.4, -0.2) is 24.3 Å². The Labute approximate surface area is 309 Å². The third kappa shape index (κ3) is 45.1. The van der Waals surface area contributed by atoms with E-state index in [4.69, 9.17) is 9.84 Å². The summed E-state index contributed by atoms with van der Waals surface area (Å²) in [4.78, 5) is 12.0. The van der Waals surface area contributed by atoms with Crippen molar-refractivity contribution in [1.29, 1.82) is 0 Å². The van der Waals surface area contributed by atoms with Crippen LogP contribution in [0.5, 0.6) is 0 Å². The van der Waals surface area contributed by atoms with Crippen molar-refractivity contribution < 1.29 is 14.6 Å². The Morgan fingerprint density at radius 3 is 1.02 bits per heavy atom. The van der Waals surface area contributed by atoms with Gasteiger partial charge in [0.15, 0.2) is 0 Å². The second-order valence-electron chi connectivity index (χ2n) is 15.5. The van der Waals surface area contributed by atoms with Crippen LogP contribution in [0.1, 0.15) is 264 Å². The van der Waals surface area contributed by atoms with E-state index >= 15 is 0 Å². The zero-order valence-corrected chi connectivity index (χ0v) is 33.6. The molecule has 0 aliphatic carbocycles. The fraction of sp³-hybridized carbons (Fsp3) is 0.935. The number of esters is 1. The Bertz CT molecular complexity index is 630. The molecule has 0 rings (SSSR count). The molecule has 0 aliphatic rings. The summed E-state index contributed by atoms with van der Waals surface area (Å²) < 4.78 is 5.48. The third-order valence-electron chi connectivity index (χ3n) is 10.5. The van der Waals surface area contributed by atoms with Crippen molar-refractivity contribution in [2.24, 2.45) is 0 Å². The molecule has 0 fully saturated rings. The zero-order valence-electron chi connectivity index (χ0n) is 33.6. The van der Waals surface area contributed by atoms with E-state index in [1.807, 2.05) is 0 Å². The number of allylic oxidation sites excluding steroid dienone is 2. The minimum absolute atomic E-state index is 0.0221. The molecule has 3 heteroatoms. The second-order valence-corrected chi connectivity index (χ2v) is 15.5. The van der Waals surface area contributed by atoms with Gasteiger partial charge in [0.05, 0.1) is 6.61 Å². The molecule has 0 aliphatic heterocycles. The van der Waals surface area contributed by atoms with Crippen LogP contribution in [0.2, 0.25) is 0 Å². The number of carbonyl (C=O) groups excluding carboxylic acids is 1. The number of aliphatic hydroxyl groups excluding tert-OH is 1. The number of aliphatic hydroxyl groups is 1. The molecule has 0 aromatic heterocycles. The lowest BCUT2D eigenvalue weighted by molar-refractivity contribution is -0.143. The molecule has 3 nitrogen and oxygen atoms in total. The maximum atomic E-state index is 12.0. The van der Waals surface area contributed by atoms with Gasteiger partial charge >= 0.3 is 5.97 Å². The lowest BCUT2D eigenvalue weighted by Crippen LogP contribution is -2.05. The molecule has 49 heavy (non-hydrogen) atoms. The monoisotopic (exact) mass is 691 g/mol. The lowest BCUT2D eigenvalue weighted by atomic mass is 10.0. The molecule has 0 saturated carbocycles. The van der Waals surface area contributed by atoms with Crippen molar-refractivity contribution in [3.05, 3.63) is 12.2 Å². The summed E-state index contributed by atoms with van der Waals surface area (Å²) in [6, 6.07) is 0. The topological polar surface area (TPSA) is 46.5 Å². The van der Waals surface area contributed by atoms with E-state index in [9.17, 15) is 4.79 Å². The average molecular weight is 691 g/mol. The van der Waals surface area contributed by atoms with E-state index in [-0.39, 0.29) is 5.97 Å². The van der Waals surface area contributed by atoms with Crippen molar-refractivity contribution >= 4 is 5.97 Å². The molecule has 1 N–H and O–H groups in total. The number of rotatable bonds is 43. The van der Waals surface area contributed by atoms with Crippen molar-refractivity contribution in [3.63, 3.8) is 0 Å². The third-order valence-corrected chi connectivity index (χ3v) is 10.5. The summed E-state index contributed by atoms with van der Waals surface area (Å²) in [6.07, 6.45) is 57.6. The second kappa shape index (κ2) is 45.2. The molecular formula is C46H90O3. The van der Waals surface area contributed by atoms with Gasteiger partial charge in [-0.05, 0) is 44.9 Å². The fourth-order valence-electron chi connectivity index (χ4n) is 7.05. The van der Waals surface area contributed by atoms with Gasteiger partial charge < -0.3 is 9.84 Å². The first-order chi connectivity index (χ1) is 24.3. The van der Waals surface area contributed by atoms with Crippen LogP contribution in [0.15, 0.2) is 12.2 Å². The first kappa shape index (κ1) is 48.2. The Balaban J connectivity index is 3.16. The van der Waals surface area contributed by atoms with Gasteiger partial charge in [-0.1, -0.05) is 225 Å². The van der Waals surface area contributed by atoms with Crippen LogP contribution in [0.3, 0.4) is 0 Å². The molecule has 0 aromatic carbocycles. The minimum Gasteiger partial charge on any atom is -0.466 e. The minimum atomic E-state index is 0.0221. The van der Waals surface area contributed by atoms with E-state index in [1.54, 1.807) is 0 Å². The zero-order chi connectivity index (χ0) is 35.4. The molecule has 0 unspecified atom stereocenters. The van der Waals surface area contributed by atoms with E-state index in [1.165, 1.54) is 231 Å². The number of ether oxygens (including phenoxy) is 1. The van der Waals surface area contributed by atoms with Gasteiger partial charge in [0.2, 0.25) is 0 Å². The van der Waals surface area contributed by atoms with Crippen LogP contribution in [0, 0.1) is 0 Å². The SMILES string of the molecule is CCCCCCCCC=CCCCCCCCCCCCC(=O)OCCCCCCCCCCCCCCCCCCCCCCCCO. The largest absolute Gasteiger partial charge is 0.466 e. The highest BCUT2D eigenvalue weighted by Gasteiger charge is 2.03. The summed E-state index contributed by atoms with van der Waals surface area (Å²) >= 11 is 0. The average Bonchev–Trinajstić information content (AvgIpc) is 3.11. The number of hydrogen-bond donors (Lipinski definition) is 1. The number of hydrogen-bond acceptors (Lipinski definition) is 3. The van der Waals surface area contributed by atoms with Crippen LogP contribution in [-0.2, 0) is 9.53 Å². The van der Waals surface area contributed by atoms with E-state index in [2.05, 4.69) is 19.1 Å². The van der Waals surface area contributed by atoms with Crippen LogP contribution in [0.25, 0.3) is 0 Å². The molecule has 0 heterocycles. The van der Waals surface area contributed by atoms with E-state index in [0.29, 0.717) is 19.6 Å². The summed E-state index contributed by atoms with van der Waals surface area (Å²) in [5.74, 6) is 0.0221. The lowest BCUT2D eigenvalue weighted by Gasteiger charge is -2.06. The first-order valence-corrected chi connectivity index (χ1v) is 22.7. The normalized spacial score (nSPS) is 11.6. The Morgan fingerprint density at radius 2 is 0.673 bits per heavy atom. The predicted octanol–water partition coefficient (Wildman–Crippen LogP) is 15.7. The van der Waals surface area contributed by atoms with Crippen molar-refractivity contribution in [1.82, 2.24) is 0 Å². The molecule has 0 bridgehead atoms. The summed E-state index contributed by atoms with van der Waals surface area (Å²) in [6.45, 7) is 3.27. The maximum Gasteiger partial charge on any atom is 0.305 e. The highest BCUT2D eigenvalue weighted by Crippen LogP contribution is 2.16. The maximum absolute atomic E-state index is 12.0. The van der Waals surface area contributed by atoms with E-state index in [0.717, 1.165) is 19.3 Å². The fourth-order valence-corrected chi connectivity index (χ4v) is 7.05. The highest BCUT2D eigenvalue weighted by molar-refractivity contribution is 5.69. The Hall–Kier alpha value is -0.830. The molecule has 0 saturated heterocycles. The van der Waals surface area contributed by atoms with Crippen molar-refractivity contribution in [2.45, 2.75) is 264 Å². The highest BCUT2D eigenvalue weighted by atomic mass is 16.5. The molecule has 0 aromatic rings. The molecular weight excluding hydrogens is 601 g/mol. The van der Waals surface area contributed by atoms with Gasteiger partial charge in [-0.15, -0.1) is 0 Å². The summed E-state index contributed by atoms with van der Waals surface area (Å²) in [7, 11) is 0. The molecule has 0 amide bonds. The van der Waals surface area contributed by atoms with Crippen molar-refractivity contribution in [2.75, 3.05) is 13.2 Å². The van der Waals surface area contributed by atoms with Gasteiger partial charge in [0.25, 0.3) is 0 Å². The molecule has 0 atom stereocenters. The van der Waals surface area contributed by atoms with E-state index < -0.39 is 0 Å². The van der Waals surface area contributed by atoms with Crippen LogP contribution < -0.4 is 0 Å². The Kier molecular flexibility index (Phi) is 44.4. The summed E-state index contributed by atoms with van der Waals surface area (Å²) in [5, 5.41) is 8.80. The number of unbranched alkanes of at least 4 members (excludes halogenated alkanes) is 36. The molecule has 0 spiro atoms. The molecule has 292 valence electrons. The quantitative estimate of drug-likeness (QED) is 0.0393. The smallest absolute Gasteiger partial charge is 0.305 e. The predicted molar refractivity (Wildman–Crippen MR) is 218 cm³/mol. The van der Waals surface area contributed by atoms with Gasteiger partial charge in [0.1, 0.15) is 0 Å². The van der Waals surface area contributed by atoms with Gasteiger partial charge in [-0.3, -0.25) is 4.79 Å². The number of carbonyl (C=O) groups is 1. The first-order valence-electron chi connectivity index (χ1n) is 22.7. The van der Waals surface area contributed by atoms with Gasteiger partial charge in [0, 0.05) is 13.0 Å². The van der Waals surface area contributed by atoms with Gasteiger partial charge in [-0.25, -0.2) is 0 Å². The van der Waals surface area contributed by atoms with Crippen molar-refractivity contribution in [3.8, 4) is 0 Å². The van der Waals surface area contributed by atoms with Gasteiger partial charge in [-0.2, -0.15) is 0 Å². The summed E-state index contributed by atoms with van der Waals surface area (Å²) in [5.41, 5.74) is 0. The Morgan fingerprint density at radius 1 is 0.388 bits per heavy atom. The van der Waals surface area contributed by atoms with Crippen LogP contribution in [0.4, 0.5) is 0 Å². The standard InChI is InChI=1S/C46H90O3/c1-2-3-4-5-6-7-8-9-10-11-16-19-22-25-28-31-34-37-40-43-46(48)49-45-42-39-36-33-30-27-24-21-18-15-13-12-14-17-20-23-26-29-32-35-38-41-44-47/h9-10,47H,2-8,11-45H2,1H3.